The molecular formula is C21H24ClFN6O3S2. The lowest BCUT2D eigenvalue weighted by Gasteiger charge is -2.22. The molecule has 34 heavy (non-hydrogen) atoms. The van der Waals surface area contributed by atoms with Crippen LogP contribution in [0.3, 0.4) is 0 Å². The second-order valence-corrected chi connectivity index (χ2v) is 9.85. The van der Waals surface area contributed by atoms with Crippen molar-refractivity contribution in [2.24, 2.45) is 0 Å². The van der Waals surface area contributed by atoms with E-state index in [1.165, 1.54) is 28.4 Å². The van der Waals surface area contributed by atoms with Gasteiger partial charge in [-0.25, -0.2) is 9.37 Å². The molecule has 0 radical (unpaired) electrons. The number of nitrogens with zero attached hydrogens (tertiary/aromatic N) is 3. The molecule has 1 unspecified atom stereocenters. The Hall–Kier alpha value is -2.67. The molecule has 1 aromatic heterocycles. The number of fused-ring (bicyclic) bond motifs is 1. The van der Waals surface area contributed by atoms with E-state index in [1.54, 1.807) is 14.1 Å². The Labute approximate surface area is 210 Å². The zero-order chi connectivity index (χ0) is 25.0. The molecule has 1 aliphatic heterocycles. The summed E-state index contributed by atoms with van der Waals surface area (Å²) < 4.78 is 13.9. The molecule has 0 fully saturated rings. The maximum Gasteiger partial charge on any atom is 0.283 e. The summed E-state index contributed by atoms with van der Waals surface area (Å²) in [5.74, 6) is -2.36. The lowest BCUT2D eigenvalue weighted by atomic mass is 10.2. The van der Waals surface area contributed by atoms with Crippen molar-refractivity contribution in [1.29, 1.82) is 0 Å². The minimum atomic E-state index is -1.01. The third-order valence-corrected chi connectivity index (χ3v) is 6.66. The largest absolute Gasteiger partial charge is 0.369 e. The van der Waals surface area contributed by atoms with E-state index >= 15 is 0 Å². The average Bonchev–Trinajstić information content (AvgIpc) is 3.20. The Kier molecular flexibility index (Phi) is 8.52. The highest BCUT2D eigenvalue weighted by atomic mass is 35.5. The molecule has 3 N–H and O–H groups in total. The van der Waals surface area contributed by atoms with Crippen molar-refractivity contribution in [2.75, 3.05) is 39.5 Å². The average molecular weight is 527 g/mol. The van der Waals surface area contributed by atoms with Crippen molar-refractivity contribution in [3.8, 4) is 0 Å². The van der Waals surface area contributed by atoms with Gasteiger partial charge in [0.25, 0.3) is 11.8 Å². The molecular weight excluding hydrogens is 503 g/mol. The molecule has 0 spiro atoms. The van der Waals surface area contributed by atoms with Crippen LogP contribution in [0.25, 0.3) is 0 Å². The van der Waals surface area contributed by atoms with E-state index < -0.39 is 29.6 Å². The first-order valence-corrected chi connectivity index (χ1v) is 11.9. The van der Waals surface area contributed by atoms with E-state index in [2.05, 4.69) is 25.8 Å². The van der Waals surface area contributed by atoms with Crippen LogP contribution in [0.1, 0.15) is 20.4 Å². The minimum absolute atomic E-state index is 0.0915. The van der Waals surface area contributed by atoms with E-state index in [9.17, 15) is 18.8 Å². The summed E-state index contributed by atoms with van der Waals surface area (Å²) in [6, 6.07) is 2.78. The van der Waals surface area contributed by atoms with Gasteiger partial charge in [-0.15, -0.1) is 11.3 Å². The van der Waals surface area contributed by atoms with Gasteiger partial charge < -0.3 is 25.8 Å². The number of thiazole rings is 1. The number of amides is 3. The van der Waals surface area contributed by atoms with Gasteiger partial charge in [-0.2, -0.15) is 0 Å². The van der Waals surface area contributed by atoms with Gasteiger partial charge in [-0.1, -0.05) is 23.8 Å². The maximum absolute atomic E-state index is 13.9. The number of benzene rings is 1. The normalized spacial score (nSPS) is 14.0. The second kappa shape index (κ2) is 11.2. The number of hydrogen-bond donors (Lipinski definition) is 3. The highest BCUT2D eigenvalue weighted by Gasteiger charge is 2.27. The Morgan fingerprint density at radius 1 is 1.35 bits per heavy atom. The van der Waals surface area contributed by atoms with Gasteiger partial charge in [0.2, 0.25) is 5.91 Å². The number of rotatable bonds is 6. The smallest absolute Gasteiger partial charge is 0.283 e. The standard InChI is InChI=1S/C21H24ClFN6O3S2/c1-28(2)21(32)15(26-18(31)20-27-14-6-7-29(3)10-16(14)34-20)9-24-19(33)17(30)25-13-5-4-11(22)8-12(13)23/h4-5,8,15H,6-7,9-10H2,1-3H3,(H,24,33)(H,25,30)(H,26,31). The molecule has 0 aliphatic carbocycles. The van der Waals surface area contributed by atoms with Gasteiger partial charge in [0.05, 0.1) is 11.4 Å². The molecule has 2 heterocycles. The maximum atomic E-state index is 13.9. The van der Waals surface area contributed by atoms with E-state index in [-0.39, 0.29) is 27.3 Å². The van der Waals surface area contributed by atoms with Crippen LogP contribution in [-0.4, -0.2) is 77.8 Å². The topological polar surface area (TPSA) is 107 Å². The van der Waals surface area contributed by atoms with Crippen LogP contribution < -0.4 is 16.0 Å². The fourth-order valence-corrected chi connectivity index (χ4v) is 4.58. The molecule has 0 saturated heterocycles. The lowest BCUT2D eigenvalue weighted by molar-refractivity contribution is -0.130. The Morgan fingerprint density at radius 3 is 2.76 bits per heavy atom. The number of thiocarbonyl (C=S) groups is 1. The number of anilines is 1. The number of carbonyl (C=O) groups excluding carboxylic acids is 3. The number of halogens is 2. The summed E-state index contributed by atoms with van der Waals surface area (Å²) in [5.41, 5.74) is 0.806. The van der Waals surface area contributed by atoms with Crippen molar-refractivity contribution in [1.82, 2.24) is 25.4 Å². The predicted octanol–water partition coefficient (Wildman–Crippen LogP) is 1.67. The molecule has 182 valence electrons. The summed E-state index contributed by atoms with van der Waals surface area (Å²) in [6.07, 6.45) is 0.759. The van der Waals surface area contributed by atoms with Gasteiger partial charge in [-0.3, -0.25) is 14.4 Å². The van der Waals surface area contributed by atoms with Crippen molar-refractivity contribution in [2.45, 2.75) is 19.0 Å². The molecule has 1 aliphatic rings. The molecule has 3 amide bonds. The van der Waals surface area contributed by atoms with Crippen LogP contribution in [0, 0.1) is 5.82 Å². The summed E-state index contributed by atoms with van der Waals surface area (Å²) in [5, 5.41) is 8.13. The predicted molar refractivity (Wildman–Crippen MR) is 133 cm³/mol. The molecule has 3 rings (SSSR count). The van der Waals surface area contributed by atoms with E-state index in [0.717, 1.165) is 36.1 Å². The van der Waals surface area contributed by atoms with E-state index in [4.69, 9.17) is 23.8 Å². The summed E-state index contributed by atoms with van der Waals surface area (Å²) in [7, 11) is 5.10. The summed E-state index contributed by atoms with van der Waals surface area (Å²) >= 11 is 12.1. The molecule has 0 bridgehead atoms. The monoisotopic (exact) mass is 526 g/mol. The van der Waals surface area contributed by atoms with Crippen LogP contribution in [0.5, 0.6) is 0 Å². The molecule has 1 aromatic carbocycles. The molecule has 2 aromatic rings. The number of hydrogen-bond acceptors (Lipinski definition) is 7. The molecule has 1 atom stereocenters. The number of carbonyl (C=O) groups is 3. The summed E-state index contributed by atoms with van der Waals surface area (Å²) in [4.78, 5) is 46.5. The number of aromatic nitrogens is 1. The quantitative estimate of drug-likeness (QED) is 0.491. The van der Waals surface area contributed by atoms with Gasteiger partial charge in [-0.05, 0) is 25.2 Å². The Balaban J connectivity index is 1.63. The van der Waals surface area contributed by atoms with Crippen LogP contribution >= 0.6 is 35.2 Å². The minimum Gasteiger partial charge on any atom is -0.369 e. The van der Waals surface area contributed by atoms with Crippen LogP contribution in [0.2, 0.25) is 5.02 Å². The van der Waals surface area contributed by atoms with Crippen LogP contribution in [0.4, 0.5) is 10.1 Å². The van der Waals surface area contributed by atoms with Crippen molar-refractivity contribution >= 4 is 63.6 Å². The molecule has 9 nitrogen and oxygen atoms in total. The fraction of sp³-hybridized carbons (Fsp3) is 0.381. The summed E-state index contributed by atoms with van der Waals surface area (Å²) in [6.45, 7) is 1.44. The zero-order valence-corrected chi connectivity index (χ0v) is 21.2. The van der Waals surface area contributed by atoms with Gasteiger partial charge in [0.15, 0.2) is 10.00 Å². The number of likely N-dealkylation sites (N-methyl/N-ethyl adjacent to an activating group) is 2. The Morgan fingerprint density at radius 2 is 2.09 bits per heavy atom. The van der Waals surface area contributed by atoms with E-state index in [1.807, 2.05) is 7.05 Å². The van der Waals surface area contributed by atoms with E-state index in [0.29, 0.717) is 0 Å². The SMILES string of the molecule is CN1CCc2nc(C(=O)NC(CNC(=S)C(=O)Nc3ccc(Cl)cc3F)C(=O)N(C)C)sc2C1. The zero-order valence-electron chi connectivity index (χ0n) is 18.8. The highest BCUT2D eigenvalue weighted by Crippen LogP contribution is 2.24. The Bertz CT molecular complexity index is 1130. The third kappa shape index (κ3) is 6.47. The van der Waals surface area contributed by atoms with Gasteiger partial charge in [0.1, 0.15) is 11.9 Å². The molecule has 13 heteroatoms. The first-order valence-electron chi connectivity index (χ1n) is 10.3. The van der Waals surface area contributed by atoms with Crippen LogP contribution in [0.15, 0.2) is 18.2 Å². The first kappa shape index (κ1) is 25.9. The first-order chi connectivity index (χ1) is 16.0. The highest BCUT2D eigenvalue weighted by molar-refractivity contribution is 7.82. The van der Waals surface area contributed by atoms with Crippen molar-refractivity contribution in [3.63, 3.8) is 0 Å². The lowest BCUT2D eigenvalue weighted by Crippen LogP contribution is -2.53. The van der Waals surface area contributed by atoms with Gasteiger partial charge >= 0.3 is 0 Å². The fourth-order valence-electron chi connectivity index (χ4n) is 3.20. The third-order valence-electron chi connectivity index (χ3n) is 5.01. The second-order valence-electron chi connectivity index (χ2n) is 7.92. The van der Waals surface area contributed by atoms with Crippen LogP contribution in [-0.2, 0) is 22.6 Å². The number of nitrogens with one attached hydrogen (secondary N) is 3. The van der Waals surface area contributed by atoms with Crippen molar-refractivity contribution in [3.05, 3.63) is 44.6 Å². The van der Waals surface area contributed by atoms with Gasteiger partial charge in [0, 0.05) is 50.1 Å². The molecule has 0 saturated carbocycles. The van der Waals surface area contributed by atoms with Crippen molar-refractivity contribution < 1.29 is 18.8 Å².